The predicted octanol–water partition coefficient (Wildman–Crippen LogP) is 2.52. The monoisotopic (exact) mass is 269 g/mol. The molecule has 0 bridgehead atoms. The van der Waals surface area contributed by atoms with Gasteiger partial charge < -0.3 is 9.52 Å². The predicted molar refractivity (Wildman–Crippen MR) is 76.7 cm³/mol. The summed E-state index contributed by atoms with van der Waals surface area (Å²) in [4.78, 5) is 11.5. The van der Waals surface area contributed by atoms with Gasteiger partial charge in [-0.2, -0.15) is 0 Å². The molecule has 0 radical (unpaired) electrons. The van der Waals surface area contributed by atoms with Crippen LogP contribution in [0, 0.1) is 6.92 Å². The Morgan fingerprint density at radius 1 is 1.10 bits per heavy atom. The maximum atomic E-state index is 11.5. The Morgan fingerprint density at radius 2 is 1.75 bits per heavy atom. The van der Waals surface area contributed by atoms with Crippen LogP contribution in [0.2, 0.25) is 0 Å². The molecule has 0 spiro atoms. The maximum Gasteiger partial charge on any atom is 0.419 e. The molecule has 3 rings (SSSR count). The molecular formula is C16H15NO3. The molecule has 1 N–H and O–H groups in total. The number of hydrogen-bond donors (Lipinski definition) is 1. The van der Waals surface area contributed by atoms with Crippen LogP contribution in [0.15, 0.2) is 51.7 Å². The molecule has 0 saturated carbocycles. The van der Waals surface area contributed by atoms with Crippen LogP contribution in [0.25, 0.3) is 11.1 Å². The van der Waals surface area contributed by atoms with Gasteiger partial charge in [0.15, 0.2) is 5.58 Å². The molecule has 1 heterocycles. The van der Waals surface area contributed by atoms with Gasteiger partial charge in [0.05, 0.1) is 5.52 Å². The number of fused-ring (bicyclic) bond motifs is 1. The van der Waals surface area contributed by atoms with E-state index in [4.69, 9.17) is 4.42 Å². The van der Waals surface area contributed by atoms with E-state index >= 15 is 0 Å². The normalized spacial score (nSPS) is 12.8. The summed E-state index contributed by atoms with van der Waals surface area (Å²) in [7, 11) is 1.66. The van der Waals surface area contributed by atoms with Crippen molar-refractivity contribution < 1.29 is 9.52 Å². The topological polar surface area (TPSA) is 55.4 Å². The molecule has 0 aliphatic heterocycles. The Morgan fingerprint density at radius 3 is 2.45 bits per heavy atom. The van der Waals surface area contributed by atoms with E-state index in [9.17, 15) is 9.90 Å². The number of aliphatic hydroxyl groups is 1. The molecular weight excluding hydrogens is 254 g/mol. The van der Waals surface area contributed by atoms with Crippen molar-refractivity contribution >= 4 is 11.1 Å². The highest BCUT2D eigenvalue weighted by Gasteiger charge is 2.13. The molecule has 1 aromatic heterocycles. The number of aliphatic hydroxyl groups excluding tert-OH is 1. The largest absolute Gasteiger partial charge is 0.419 e. The molecule has 0 saturated heterocycles. The van der Waals surface area contributed by atoms with E-state index < -0.39 is 11.9 Å². The van der Waals surface area contributed by atoms with Gasteiger partial charge in [-0.25, -0.2) is 4.79 Å². The molecule has 3 aromatic rings. The van der Waals surface area contributed by atoms with E-state index in [0.29, 0.717) is 11.1 Å². The molecule has 1 unspecified atom stereocenters. The highest BCUT2D eigenvalue weighted by Crippen LogP contribution is 2.25. The van der Waals surface area contributed by atoms with Crippen LogP contribution in [0.4, 0.5) is 0 Å². The highest BCUT2D eigenvalue weighted by molar-refractivity contribution is 5.74. The van der Waals surface area contributed by atoms with E-state index in [0.717, 1.165) is 16.6 Å². The number of rotatable bonds is 2. The standard InChI is InChI=1S/C16H15NO3/c1-10-3-5-11(6-4-10)15(18)12-7-8-13-14(9-12)20-16(19)17(13)2/h3-9,15,18H,1-2H3. The van der Waals surface area contributed by atoms with Crippen LogP contribution in [0.1, 0.15) is 22.8 Å². The molecule has 2 aromatic carbocycles. The summed E-state index contributed by atoms with van der Waals surface area (Å²) in [6.45, 7) is 2.00. The van der Waals surface area contributed by atoms with E-state index in [2.05, 4.69) is 0 Å². The number of aromatic nitrogens is 1. The van der Waals surface area contributed by atoms with Gasteiger partial charge in [0.1, 0.15) is 6.10 Å². The average Bonchev–Trinajstić information content (AvgIpc) is 2.74. The van der Waals surface area contributed by atoms with Gasteiger partial charge >= 0.3 is 5.76 Å². The van der Waals surface area contributed by atoms with Gasteiger partial charge in [-0.1, -0.05) is 35.9 Å². The lowest BCUT2D eigenvalue weighted by Crippen LogP contribution is -2.08. The van der Waals surface area contributed by atoms with E-state index in [-0.39, 0.29) is 0 Å². The van der Waals surface area contributed by atoms with Crippen molar-refractivity contribution in [1.82, 2.24) is 4.57 Å². The second-order valence-electron chi connectivity index (χ2n) is 4.97. The van der Waals surface area contributed by atoms with Gasteiger partial charge in [0.2, 0.25) is 0 Å². The van der Waals surface area contributed by atoms with Crippen LogP contribution in [0.5, 0.6) is 0 Å². The third-order valence-electron chi connectivity index (χ3n) is 3.53. The van der Waals surface area contributed by atoms with Crippen LogP contribution in [-0.4, -0.2) is 9.67 Å². The van der Waals surface area contributed by atoms with Crippen LogP contribution in [0.3, 0.4) is 0 Å². The fourth-order valence-electron chi connectivity index (χ4n) is 2.26. The first kappa shape index (κ1) is 12.7. The number of oxazole rings is 1. The summed E-state index contributed by atoms with van der Waals surface area (Å²) in [5, 5.41) is 10.4. The second kappa shape index (κ2) is 4.65. The SMILES string of the molecule is Cc1ccc(C(O)c2ccc3c(c2)oc(=O)n3C)cc1. The zero-order valence-corrected chi connectivity index (χ0v) is 11.3. The lowest BCUT2D eigenvalue weighted by molar-refractivity contribution is 0.220. The van der Waals surface area contributed by atoms with Crippen molar-refractivity contribution in [2.45, 2.75) is 13.0 Å². The first-order valence-corrected chi connectivity index (χ1v) is 6.40. The lowest BCUT2D eigenvalue weighted by Gasteiger charge is -2.11. The average molecular weight is 269 g/mol. The van der Waals surface area contributed by atoms with Crippen molar-refractivity contribution in [2.75, 3.05) is 0 Å². The fraction of sp³-hybridized carbons (Fsp3) is 0.188. The Hall–Kier alpha value is -2.33. The minimum atomic E-state index is -0.731. The third kappa shape index (κ3) is 2.04. The van der Waals surface area contributed by atoms with Crippen molar-refractivity contribution in [1.29, 1.82) is 0 Å². The van der Waals surface area contributed by atoms with Gasteiger partial charge in [-0.15, -0.1) is 0 Å². The summed E-state index contributed by atoms with van der Waals surface area (Å²) in [6, 6.07) is 13.0. The molecule has 4 heteroatoms. The summed E-state index contributed by atoms with van der Waals surface area (Å²) in [5.41, 5.74) is 3.87. The Labute approximate surface area is 115 Å². The summed E-state index contributed by atoms with van der Waals surface area (Å²) in [5.74, 6) is -0.401. The fourth-order valence-corrected chi connectivity index (χ4v) is 2.26. The van der Waals surface area contributed by atoms with E-state index in [1.54, 1.807) is 19.2 Å². The Balaban J connectivity index is 2.05. The first-order valence-electron chi connectivity index (χ1n) is 6.40. The number of hydrogen-bond acceptors (Lipinski definition) is 3. The minimum Gasteiger partial charge on any atom is -0.408 e. The van der Waals surface area contributed by atoms with Crippen LogP contribution < -0.4 is 5.76 Å². The number of nitrogens with zero attached hydrogens (tertiary/aromatic N) is 1. The lowest BCUT2D eigenvalue weighted by atomic mass is 10.0. The van der Waals surface area contributed by atoms with Crippen molar-refractivity contribution in [3.05, 3.63) is 69.7 Å². The Kier molecular flexibility index (Phi) is 2.95. The Bertz CT molecular complexity index is 812. The van der Waals surface area contributed by atoms with E-state index in [1.165, 1.54) is 4.57 Å². The van der Waals surface area contributed by atoms with Crippen LogP contribution >= 0.6 is 0 Å². The van der Waals surface area contributed by atoms with Gasteiger partial charge in [0.25, 0.3) is 0 Å². The molecule has 0 aliphatic carbocycles. The maximum absolute atomic E-state index is 11.5. The number of aryl methyl sites for hydroxylation is 2. The van der Waals surface area contributed by atoms with Crippen molar-refractivity contribution in [3.8, 4) is 0 Å². The van der Waals surface area contributed by atoms with E-state index in [1.807, 2.05) is 37.3 Å². The minimum absolute atomic E-state index is 0.401. The second-order valence-corrected chi connectivity index (χ2v) is 4.97. The summed E-state index contributed by atoms with van der Waals surface area (Å²) in [6.07, 6.45) is -0.731. The van der Waals surface area contributed by atoms with Crippen molar-refractivity contribution in [2.24, 2.45) is 7.05 Å². The smallest absolute Gasteiger partial charge is 0.408 e. The third-order valence-corrected chi connectivity index (χ3v) is 3.53. The molecule has 0 fully saturated rings. The van der Waals surface area contributed by atoms with Gasteiger partial charge in [0, 0.05) is 7.05 Å². The molecule has 102 valence electrons. The zero-order chi connectivity index (χ0) is 14.3. The summed E-state index contributed by atoms with van der Waals surface area (Å²) < 4.78 is 6.58. The molecule has 4 nitrogen and oxygen atoms in total. The molecule has 1 atom stereocenters. The van der Waals surface area contributed by atoms with Gasteiger partial charge in [-0.05, 0) is 30.2 Å². The molecule has 0 aliphatic rings. The van der Waals surface area contributed by atoms with Gasteiger partial charge in [-0.3, -0.25) is 4.57 Å². The molecule has 20 heavy (non-hydrogen) atoms. The molecule has 0 amide bonds. The number of benzene rings is 2. The summed E-state index contributed by atoms with van der Waals surface area (Å²) >= 11 is 0. The quantitative estimate of drug-likeness (QED) is 0.777. The zero-order valence-electron chi connectivity index (χ0n) is 11.3. The first-order chi connectivity index (χ1) is 9.56. The van der Waals surface area contributed by atoms with Crippen LogP contribution in [-0.2, 0) is 7.05 Å². The highest BCUT2D eigenvalue weighted by atomic mass is 16.4. The van der Waals surface area contributed by atoms with Crippen molar-refractivity contribution in [3.63, 3.8) is 0 Å².